The number of aliphatic hydroxyl groups is 1. The number of ether oxygens (including phenoxy) is 2. The van der Waals surface area contributed by atoms with Gasteiger partial charge in [0.2, 0.25) is 5.56 Å². The van der Waals surface area contributed by atoms with E-state index in [0.29, 0.717) is 18.8 Å². The minimum absolute atomic E-state index is 0. The van der Waals surface area contributed by atoms with Gasteiger partial charge in [-0.25, -0.2) is 0 Å². The third-order valence-electron chi connectivity index (χ3n) is 4.12. The van der Waals surface area contributed by atoms with Crippen LogP contribution in [0.4, 0.5) is 0 Å². The van der Waals surface area contributed by atoms with Crippen molar-refractivity contribution in [2.45, 2.75) is 12.6 Å². The maximum Gasteiger partial charge on any atom is 0.248 e. The van der Waals surface area contributed by atoms with E-state index in [1.807, 2.05) is 24.1 Å². The number of hydrogen-bond donors (Lipinski definition) is 2. The van der Waals surface area contributed by atoms with Crippen LogP contribution >= 0.6 is 0 Å². The highest BCUT2D eigenvalue weighted by molar-refractivity contribution is 5.79. The molecule has 0 fully saturated rings. The van der Waals surface area contributed by atoms with Crippen LogP contribution in [0.5, 0.6) is 11.5 Å². The number of aromatic amines is 1. The molecule has 3 aromatic rings. The second kappa shape index (κ2) is 11.1. The third-order valence-corrected chi connectivity index (χ3v) is 4.12. The second-order valence-electron chi connectivity index (χ2n) is 6.42. The number of nitrogens with one attached hydrogen (secondary N) is 1. The van der Waals surface area contributed by atoms with E-state index in [0.717, 1.165) is 22.3 Å². The summed E-state index contributed by atoms with van der Waals surface area (Å²) in [7, 11) is 3.53. The number of pyridine rings is 2. The van der Waals surface area contributed by atoms with Crippen LogP contribution in [0.1, 0.15) is 5.69 Å². The Morgan fingerprint density at radius 1 is 1.14 bits per heavy atom. The first-order valence-corrected chi connectivity index (χ1v) is 8.65. The maximum atomic E-state index is 11.3. The van der Waals surface area contributed by atoms with E-state index in [-0.39, 0.29) is 23.1 Å². The lowest BCUT2D eigenvalue weighted by molar-refractivity contribution is 0.0741. The molecule has 0 saturated carbocycles. The molecular weight excluding hydrogens is 378 g/mol. The van der Waals surface area contributed by atoms with Crippen LogP contribution < -0.4 is 15.0 Å². The monoisotopic (exact) mass is 405 g/mol. The summed E-state index contributed by atoms with van der Waals surface area (Å²) in [4.78, 5) is 20.4. The first kappa shape index (κ1) is 24.1. The van der Waals surface area contributed by atoms with Gasteiger partial charge in [-0.05, 0) is 37.4 Å². The van der Waals surface area contributed by atoms with Gasteiger partial charge >= 0.3 is 0 Å². The minimum atomic E-state index is -0.646. The van der Waals surface area contributed by atoms with E-state index in [4.69, 9.17) is 9.47 Å². The molecule has 9 heteroatoms. The zero-order chi connectivity index (χ0) is 19.2. The Labute approximate surface area is 168 Å². The maximum absolute atomic E-state index is 11.3. The predicted molar refractivity (Wildman–Crippen MR) is 110 cm³/mol. The van der Waals surface area contributed by atoms with Crippen molar-refractivity contribution < 1.29 is 25.5 Å². The number of likely N-dealkylation sites (N-methyl/N-ethyl adjacent to an activating group) is 1. The van der Waals surface area contributed by atoms with Crippen molar-refractivity contribution in [3.05, 3.63) is 64.7 Å². The quantitative estimate of drug-likeness (QED) is 0.544. The molecule has 0 amide bonds. The molecule has 9 nitrogen and oxygen atoms in total. The Balaban J connectivity index is 0.00000210. The van der Waals surface area contributed by atoms with E-state index in [1.165, 1.54) is 6.07 Å². The van der Waals surface area contributed by atoms with Crippen LogP contribution in [0.3, 0.4) is 0 Å². The van der Waals surface area contributed by atoms with E-state index >= 15 is 0 Å². The molecule has 1 unspecified atom stereocenters. The van der Waals surface area contributed by atoms with Crippen molar-refractivity contribution in [2.24, 2.45) is 0 Å². The summed E-state index contributed by atoms with van der Waals surface area (Å²) in [6, 6.07) is 12.3. The predicted octanol–water partition coefficient (Wildman–Crippen LogP) is 0.154. The van der Waals surface area contributed by atoms with E-state index in [1.54, 1.807) is 37.6 Å². The average molecular weight is 405 g/mol. The molecular formula is C20H27N3O6. The van der Waals surface area contributed by atoms with Gasteiger partial charge in [0.05, 0.1) is 12.8 Å². The minimum Gasteiger partial charge on any atom is -0.497 e. The number of benzene rings is 1. The van der Waals surface area contributed by atoms with Gasteiger partial charge in [0.15, 0.2) is 0 Å². The van der Waals surface area contributed by atoms with Gasteiger partial charge < -0.3 is 30.5 Å². The molecule has 0 aliphatic heterocycles. The number of hydrogen-bond acceptors (Lipinski definition) is 6. The van der Waals surface area contributed by atoms with Crippen LogP contribution in [0.2, 0.25) is 0 Å². The summed E-state index contributed by atoms with van der Waals surface area (Å²) in [5.41, 5.74) is 1.48. The molecule has 0 aliphatic rings. The van der Waals surface area contributed by atoms with Gasteiger partial charge in [-0.1, -0.05) is 0 Å². The zero-order valence-electron chi connectivity index (χ0n) is 16.4. The third kappa shape index (κ3) is 6.84. The second-order valence-corrected chi connectivity index (χ2v) is 6.42. The highest BCUT2D eigenvalue weighted by atomic mass is 16.5. The van der Waals surface area contributed by atoms with Gasteiger partial charge in [-0.2, -0.15) is 0 Å². The molecule has 0 radical (unpaired) electrons. The van der Waals surface area contributed by atoms with Crippen molar-refractivity contribution in [2.75, 3.05) is 27.3 Å². The topological polar surface area (TPSA) is 151 Å². The van der Waals surface area contributed by atoms with E-state index in [9.17, 15) is 9.90 Å². The molecule has 0 aliphatic carbocycles. The van der Waals surface area contributed by atoms with Crippen molar-refractivity contribution in [1.29, 1.82) is 0 Å². The fraction of sp³-hybridized carbons (Fsp3) is 0.300. The Morgan fingerprint density at radius 2 is 1.93 bits per heavy atom. The van der Waals surface area contributed by atoms with Gasteiger partial charge in [0.1, 0.15) is 24.2 Å². The normalized spacial score (nSPS) is 11.4. The highest BCUT2D eigenvalue weighted by Crippen LogP contribution is 2.18. The lowest BCUT2D eigenvalue weighted by Crippen LogP contribution is -2.33. The van der Waals surface area contributed by atoms with Crippen molar-refractivity contribution in [3.63, 3.8) is 0 Å². The fourth-order valence-electron chi connectivity index (χ4n) is 2.84. The molecule has 0 bridgehead atoms. The summed E-state index contributed by atoms with van der Waals surface area (Å²) < 4.78 is 10.9. The number of methoxy groups -OCH3 is 1. The van der Waals surface area contributed by atoms with Gasteiger partial charge in [0, 0.05) is 42.3 Å². The Morgan fingerprint density at radius 3 is 2.69 bits per heavy atom. The van der Waals surface area contributed by atoms with Crippen LogP contribution in [-0.4, -0.2) is 64.3 Å². The van der Waals surface area contributed by atoms with Crippen molar-refractivity contribution in [1.82, 2.24) is 14.9 Å². The van der Waals surface area contributed by atoms with E-state index in [2.05, 4.69) is 9.97 Å². The first-order chi connectivity index (χ1) is 13.0. The van der Waals surface area contributed by atoms with E-state index < -0.39 is 6.10 Å². The lowest BCUT2D eigenvalue weighted by Gasteiger charge is -2.20. The molecule has 1 aromatic carbocycles. The number of fused-ring (bicyclic) bond motifs is 1. The zero-order valence-corrected chi connectivity index (χ0v) is 16.4. The fourth-order valence-corrected chi connectivity index (χ4v) is 2.84. The number of H-pyrrole nitrogens is 1. The Hall–Kier alpha value is -2.98. The molecule has 3 rings (SSSR count). The summed E-state index contributed by atoms with van der Waals surface area (Å²) in [6.07, 6.45) is 1.06. The molecule has 2 aromatic heterocycles. The highest BCUT2D eigenvalue weighted by Gasteiger charge is 2.11. The molecule has 6 N–H and O–H groups in total. The van der Waals surface area contributed by atoms with Crippen LogP contribution in [-0.2, 0) is 6.54 Å². The smallest absolute Gasteiger partial charge is 0.248 e. The number of aliphatic hydroxyl groups excluding tert-OH is 1. The summed E-state index contributed by atoms with van der Waals surface area (Å²) in [5, 5.41) is 11.1. The SMILES string of the molecule is COc1ccnc(CN(C)CC(O)COc2ccc3[nH]c(=O)ccc3c2)c1.O.O. The summed E-state index contributed by atoms with van der Waals surface area (Å²) >= 11 is 0. The van der Waals surface area contributed by atoms with Crippen LogP contribution in [0.15, 0.2) is 53.5 Å². The van der Waals surface area contributed by atoms with Crippen molar-refractivity contribution >= 4 is 10.9 Å². The summed E-state index contributed by atoms with van der Waals surface area (Å²) in [5.74, 6) is 1.40. The largest absolute Gasteiger partial charge is 0.497 e. The number of aromatic nitrogens is 2. The Bertz CT molecular complexity index is 962. The molecule has 158 valence electrons. The van der Waals surface area contributed by atoms with Crippen LogP contribution in [0.25, 0.3) is 10.9 Å². The average Bonchev–Trinajstić information content (AvgIpc) is 2.66. The van der Waals surface area contributed by atoms with Crippen molar-refractivity contribution in [3.8, 4) is 11.5 Å². The molecule has 1 atom stereocenters. The molecule has 2 heterocycles. The lowest BCUT2D eigenvalue weighted by atomic mass is 10.2. The molecule has 0 spiro atoms. The van der Waals surface area contributed by atoms with Gasteiger partial charge in [0.25, 0.3) is 0 Å². The first-order valence-electron chi connectivity index (χ1n) is 8.65. The van der Waals surface area contributed by atoms with Gasteiger partial charge in [-0.15, -0.1) is 0 Å². The number of rotatable bonds is 8. The number of nitrogens with zero attached hydrogens (tertiary/aromatic N) is 2. The summed E-state index contributed by atoms with van der Waals surface area (Å²) in [6.45, 7) is 1.21. The standard InChI is InChI=1S/C20H23N3O4.2H2O/c1-23(11-15-10-17(26-2)7-8-21-15)12-16(24)13-27-18-4-5-19-14(9-18)3-6-20(25)22-19;;/h3-10,16,24H,11-13H2,1-2H3,(H,22,25);2*1H2. The molecule has 29 heavy (non-hydrogen) atoms. The van der Waals surface area contributed by atoms with Gasteiger partial charge in [-0.3, -0.25) is 14.7 Å². The Kier molecular flexibility index (Phi) is 9.23. The van der Waals surface area contributed by atoms with Crippen LogP contribution in [0, 0.1) is 0 Å². The molecule has 0 saturated heterocycles.